The molecular weight excluding hydrogens is 366 g/mol. The Morgan fingerprint density at radius 2 is 1.74 bits per heavy atom. The third-order valence-corrected chi connectivity index (χ3v) is 5.42. The van der Waals surface area contributed by atoms with Crippen LogP contribution in [0.4, 0.5) is 5.69 Å². The van der Waals surface area contributed by atoms with Crippen LogP contribution in [0.5, 0.6) is 0 Å². The van der Waals surface area contributed by atoms with Gasteiger partial charge < -0.3 is 0 Å². The third-order valence-electron chi connectivity index (χ3n) is 4.48. The summed E-state index contributed by atoms with van der Waals surface area (Å²) in [5.41, 5.74) is 1.37. The Morgan fingerprint density at radius 3 is 2.37 bits per heavy atom. The summed E-state index contributed by atoms with van der Waals surface area (Å²) in [5, 5.41) is 11.1. The topological polar surface area (TPSA) is 95.1 Å². The monoisotopic (exact) mass is 379 g/mol. The van der Waals surface area contributed by atoms with Gasteiger partial charge in [0, 0.05) is 24.7 Å². The second-order valence-corrected chi connectivity index (χ2v) is 7.08. The van der Waals surface area contributed by atoms with Crippen LogP contribution in [0.3, 0.4) is 0 Å². The zero-order chi connectivity index (χ0) is 19.1. The van der Waals surface area contributed by atoms with Gasteiger partial charge in [0.1, 0.15) is 10.9 Å². The molecule has 2 heterocycles. The van der Waals surface area contributed by atoms with Crippen molar-refractivity contribution in [1.82, 2.24) is 9.55 Å². The lowest BCUT2D eigenvalue weighted by molar-refractivity contribution is -0.384. The number of benzene rings is 2. The van der Waals surface area contributed by atoms with Crippen LogP contribution in [0.1, 0.15) is 17.0 Å². The number of nitro groups is 1. The van der Waals surface area contributed by atoms with Crippen LogP contribution in [-0.4, -0.2) is 19.6 Å². The molecule has 2 aromatic carbocycles. The molecule has 0 bridgehead atoms. The quantitative estimate of drug-likeness (QED) is 0.394. The van der Waals surface area contributed by atoms with E-state index in [2.05, 4.69) is 4.98 Å². The zero-order valence-electron chi connectivity index (χ0n) is 14.2. The number of carbonyl (C=O) groups excluding carboxylic acids is 1. The molecule has 4 rings (SSSR count). The zero-order valence-corrected chi connectivity index (χ0v) is 15.0. The number of nitro benzene ring substituents is 1. The molecule has 134 valence electrons. The third kappa shape index (κ3) is 2.83. The van der Waals surface area contributed by atoms with Crippen LogP contribution >= 0.6 is 11.8 Å². The Morgan fingerprint density at radius 1 is 1.07 bits per heavy atom. The van der Waals surface area contributed by atoms with Gasteiger partial charge >= 0.3 is 0 Å². The highest BCUT2D eigenvalue weighted by Crippen LogP contribution is 2.42. The van der Waals surface area contributed by atoms with Gasteiger partial charge in [-0.2, -0.15) is 0 Å². The molecule has 1 atom stereocenters. The highest BCUT2D eigenvalue weighted by molar-refractivity contribution is 8.14. The maximum atomic E-state index is 13.0. The van der Waals surface area contributed by atoms with Crippen LogP contribution < -0.4 is 5.56 Å². The van der Waals surface area contributed by atoms with E-state index in [4.69, 9.17) is 0 Å². The van der Waals surface area contributed by atoms with E-state index in [9.17, 15) is 19.7 Å². The van der Waals surface area contributed by atoms with Crippen LogP contribution in [0.15, 0.2) is 64.4 Å². The van der Waals surface area contributed by atoms with Gasteiger partial charge in [-0.1, -0.05) is 30.3 Å². The van der Waals surface area contributed by atoms with Gasteiger partial charge in [0.25, 0.3) is 11.2 Å². The van der Waals surface area contributed by atoms with Gasteiger partial charge in [0.05, 0.1) is 16.4 Å². The van der Waals surface area contributed by atoms with Crippen molar-refractivity contribution in [1.29, 1.82) is 0 Å². The van der Waals surface area contributed by atoms with Crippen molar-refractivity contribution in [2.75, 3.05) is 0 Å². The fourth-order valence-corrected chi connectivity index (χ4v) is 4.14. The van der Waals surface area contributed by atoms with E-state index >= 15 is 0 Å². The van der Waals surface area contributed by atoms with Crippen LogP contribution in [-0.2, 0) is 11.8 Å². The van der Waals surface area contributed by atoms with Crippen molar-refractivity contribution in [2.24, 2.45) is 7.05 Å². The number of hydrogen-bond donors (Lipinski definition) is 0. The molecule has 1 aliphatic heterocycles. The minimum absolute atomic E-state index is 0.0430. The molecule has 0 N–H and O–H groups in total. The van der Waals surface area contributed by atoms with Crippen LogP contribution in [0, 0.1) is 10.1 Å². The van der Waals surface area contributed by atoms with E-state index in [1.807, 2.05) is 30.3 Å². The van der Waals surface area contributed by atoms with Crippen LogP contribution in [0.2, 0.25) is 0 Å². The van der Waals surface area contributed by atoms with E-state index in [0.29, 0.717) is 22.0 Å². The van der Waals surface area contributed by atoms with E-state index in [1.165, 1.54) is 16.7 Å². The Balaban J connectivity index is 1.85. The van der Waals surface area contributed by atoms with Crippen molar-refractivity contribution >= 4 is 22.6 Å². The minimum atomic E-state index is -0.636. The fourth-order valence-electron chi connectivity index (χ4n) is 3.14. The molecule has 1 aromatic heterocycles. The predicted octanol–water partition coefficient (Wildman–Crippen LogP) is 3.12. The molecule has 0 radical (unpaired) electrons. The molecule has 3 aromatic rings. The molecule has 0 saturated carbocycles. The molecule has 0 saturated heterocycles. The van der Waals surface area contributed by atoms with Gasteiger partial charge in [-0.05, 0) is 29.5 Å². The summed E-state index contributed by atoms with van der Waals surface area (Å²) in [6, 6.07) is 15.0. The summed E-state index contributed by atoms with van der Waals surface area (Å²) in [6.45, 7) is 0. The fraction of sp³-hybridized carbons (Fsp3) is 0.105. The van der Waals surface area contributed by atoms with Crippen molar-refractivity contribution < 1.29 is 9.72 Å². The average Bonchev–Trinajstić information content (AvgIpc) is 3.01. The molecule has 8 heteroatoms. The van der Waals surface area contributed by atoms with Crippen LogP contribution in [0.25, 0.3) is 11.4 Å². The first-order chi connectivity index (χ1) is 13.0. The predicted molar refractivity (Wildman–Crippen MR) is 101 cm³/mol. The van der Waals surface area contributed by atoms with Crippen molar-refractivity contribution in [3.05, 3.63) is 86.2 Å². The Kier molecular flexibility index (Phi) is 4.12. The molecule has 1 aliphatic rings. The first-order valence-corrected chi connectivity index (χ1v) is 8.91. The molecule has 1 unspecified atom stereocenters. The van der Waals surface area contributed by atoms with Crippen molar-refractivity contribution in [3.8, 4) is 11.4 Å². The van der Waals surface area contributed by atoms with Gasteiger partial charge in [-0.15, -0.1) is 0 Å². The lowest BCUT2D eigenvalue weighted by atomic mass is 9.94. The highest BCUT2D eigenvalue weighted by Gasteiger charge is 2.38. The number of rotatable bonds is 3. The second kappa shape index (κ2) is 6.48. The molecular formula is C19H13N3O4S. The van der Waals surface area contributed by atoms with E-state index in [1.54, 1.807) is 19.2 Å². The smallest absolute Gasteiger partial charge is 0.269 e. The van der Waals surface area contributed by atoms with Gasteiger partial charge in [0.15, 0.2) is 0 Å². The number of hydrogen-bond acceptors (Lipinski definition) is 6. The van der Waals surface area contributed by atoms with E-state index in [0.717, 1.165) is 17.3 Å². The summed E-state index contributed by atoms with van der Waals surface area (Å²) in [5.74, 6) is -0.272. The van der Waals surface area contributed by atoms with Crippen molar-refractivity contribution in [3.63, 3.8) is 0 Å². The summed E-state index contributed by atoms with van der Waals surface area (Å²) in [4.78, 5) is 40.4. The molecule has 27 heavy (non-hydrogen) atoms. The normalized spacial score (nSPS) is 15.6. The molecule has 0 amide bonds. The first-order valence-electron chi connectivity index (χ1n) is 8.09. The number of non-ortho nitro benzene ring substituents is 1. The maximum Gasteiger partial charge on any atom is 0.269 e. The average molecular weight is 379 g/mol. The van der Waals surface area contributed by atoms with Crippen molar-refractivity contribution in [2.45, 2.75) is 10.9 Å². The number of nitrogens with zero attached hydrogens (tertiary/aromatic N) is 3. The number of fused-ring (bicyclic) bond motifs is 1. The molecule has 7 nitrogen and oxygen atoms in total. The van der Waals surface area contributed by atoms with Gasteiger partial charge in [0.2, 0.25) is 5.12 Å². The van der Waals surface area contributed by atoms with Gasteiger partial charge in [-0.3, -0.25) is 24.3 Å². The Bertz CT molecular complexity index is 1120. The largest absolute Gasteiger partial charge is 0.295 e. The van der Waals surface area contributed by atoms with E-state index in [-0.39, 0.29) is 16.4 Å². The molecule has 0 aliphatic carbocycles. The first kappa shape index (κ1) is 17.2. The van der Waals surface area contributed by atoms with Gasteiger partial charge in [-0.25, -0.2) is 4.98 Å². The number of thioether (sulfide) groups is 1. The standard InChI is InChI=1S/C19H13N3O4S/c1-21-16(12-7-9-13(10-8-12)22(25)26)20-17-15(18(21)23)14(19(24)27-17)11-5-3-2-4-6-11/h2-10,14H,1H3. The Labute approximate surface area is 157 Å². The summed E-state index contributed by atoms with van der Waals surface area (Å²) in [6.07, 6.45) is 0. The number of aromatic nitrogens is 2. The summed E-state index contributed by atoms with van der Waals surface area (Å²) < 4.78 is 1.38. The maximum absolute atomic E-state index is 13.0. The molecule has 0 spiro atoms. The summed E-state index contributed by atoms with van der Waals surface area (Å²) >= 11 is 0.962. The lowest BCUT2D eigenvalue weighted by Gasteiger charge is -2.12. The summed E-state index contributed by atoms with van der Waals surface area (Å²) in [7, 11) is 1.59. The van der Waals surface area contributed by atoms with E-state index < -0.39 is 10.8 Å². The number of carbonyl (C=O) groups is 1. The second-order valence-electron chi connectivity index (χ2n) is 6.09. The molecule has 0 fully saturated rings. The highest BCUT2D eigenvalue weighted by atomic mass is 32.2. The Hall–Kier alpha value is -3.26. The lowest BCUT2D eigenvalue weighted by Crippen LogP contribution is -2.26. The SMILES string of the molecule is Cn1c(-c2ccc([N+](=O)[O-])cc2)nc2c(c1=O)C(c1ccccc1)C(=O)S2. The minimum Gasteiger partial charge on any atom is -0.295 e.